The van der Waals surface area contributed by atoms with Crippen molar-refractivity contribution >= 4 is 5.97 Å². The lowest BCUT2D eigenvalue weighted by atomic mass is 10.0. The molecule has 0 saturated heterocycles. The van der Waals surface area contributed by atoms with E-state index in [1.807, 2.05) is 39.0 Å². The molecule has 0 bridgehead atoms. The first kappa shape index (κ1) is 14.3. The molecule has 0 aliphatic carbocycles. The van der Waals surface area contributed by atoms with Gasteiger partial charge in [-0.05, 0) is 44.4 Å². The molecule has 0 atom stereocenters. The molecule has 20 heavy (non-hydrogen) atoms. The zero-order chi connectivity index (χ0) is 14.7. The second-order valence-electron chi connectivity index (χ2n) is 4.62. The van der Waals surface area contributed by atoms with Crippen molar-refractivity contribution in [2.45, 2.75) is 34.1 Å². The Bertz CT molecular complexity index is 629. The number of aryl methyl sites for hydroxylation is 2. The van der Waals surface area contributed by atoms with Gasteiger partial charge in [0.05, 0.1) is 12.3 Å². The molecular formula is C16H19NO3. The molecule has 0 saturated carbocycles. The number of esters is 1. The van der Waals surface area contributed by atoms with Crippen LogP contribution in [0.2, 0.25) is 0 Å². The van der Waals surface area contributed by atoms with E-state index >= 15 is 0 Å². The Morgan fingerprint density at radius 1 is 1.30 bits per heavy atom. The predicted molar refractivity (Wildman–Crippen MR) is 76.7 cm³/mol. The number of aromatic nitrogens is 1. The van der Waals surface area contributed by atoms with Crippen molar-refractivity contribution in [3.8, 4) is 11.5 Å². The third kappa shape index (κ3) is 2.59. The Morgan fingerprint density at radius 3 is 2.70 bits per heavy atom. The standard InChI is InChI=1S/C16H19NO3/c1-5-13-14(16(18)19-6-2)20-15(17-13)12-9-7-8-10(3)11(12)4/h7-9H,5-6H2,1-4H3. The molecule has 4 nitrogen and oxygen atoms in total. The van der Waals surface area contributed by atoms with Gasteiger partial charge >= 0.3 is 5.97 Å². The van der Waals surface area contributed by atoms with Crippen LogP contribution < -0.4 is 0 Å². The number of rotatable bonds is 4. The maximum absolute atomic E-state index is 11.9. The number of ether oxygens (including phenoxy) is 1. The highest BCUT2D eigenvalue weighted by molar-refractivity contribution is 5.88. The Hall–Kier alpha value is -2.10. The monoisotopic (exact) mass is 273 g/mol. The number of nitrogens with zero attached hydrogens (tertiary/aromatic N) is 1. The van der Waals surface area contributed by atoms with E-state index in [1.165, 1.54) is 0 Å². The lowest BCUT2D eigenvalue weighted by molar-refractivity contribution is 0.0489. The number of hydrogen-bond donors (Lipinski definition) is 0. The lowest BCUT2D eigenvalue weighted by Crippen LogP contribution is -2.05. The predicted octanol–water partition coefficient (Wildman–Crippen LogP) is 3.70. The first-order valence-electron chi connectivity index (χ1n) is 6.81. The third-order valence-corrected chi connectivity index (χ3v) is 3.33. The van der Waals surface area contributed by atoms with E-state index in [0.717, 1.165) is 16.7 Å². The molecule has 0 radical (unpaired) electrons. The van der Waals surface area contributed by atoms with E-state index in [-0.39, 0.29) is 5.76 Å². The summed E-state index contributed by atoms with van der Waals surface area (Å²) >= 11 is 0. The van der Waals surface area contributed by atoms with Crippen molar-refractivity contribution in [3.63, 3.8) is 0 Å². The first-order valence-corrected chi connectivity index (χ1v) is 6.81. The molecule has 106 valence electrons. The van der Waals surface area contributed by atoms with Crippen molar-refractivity contribution < 1.29 is 13.9 Å². The maximum atomic E-state index is 11.9. The van der Waals surface area contributed by atoms with Crippen LogP contribution in [0.1, 0.15) is 41.2 Å². The molecule has 2 rings (SSSR count). The molecule has 0 fully saturated rings. The summed E-state index contributed by atoms with van der Waals surface area (Å²) in [6.45, 7) is 8.08. The van der Waals surface area contributed by atoms with Crippen molar-refractivity contribution in [2.75, 3.05) is 6.61 Å². The minimum atomic E-state index is -0.451. The van der Waals surface area contributed by atoms with Gasteiger partial charge in [-0.15, -0.1) is 0 Å². The van der Waals surface area contributed by atoms with Gasteiger partial charge in [-0.1, -0.05) is 19.1 Å². The second kappa shape index (κ2) is 5.90. The van der Waals surface area contributed by atoms with Crippen LogP contribution in [0.25, 0.3) is 11.5 Å². The molecule has 0 aliphatic rings. The molecule has 1 heterocycles. The fraction of sp³-hybridized carbons (Fsp3) is 0.375. The Kier molecular flexibility index (Phi) is 4.23. The van der Waals surface area contributed by atoms with Crippen LogP contribution in [0.4, 0.5) is 0 Å². The zero-order valence-corrected chi connectivity index (χ0v) is 12.3. The van der Waals surface area contributed by atoms with Crippen molar-refractivity contribution in [2.24, 2.45) is 0 Å². The smallest absolute Gasteiger partial charge is 0.376 e. The van der Waals surface area contributed by atoms with Gasteiger partial charge in [-0.3, -0.25) is 0 Å². The normalized spacial score (nSPS) is 10.6. The Labute approximate surface area is 118 Å². The van der Waals surface area contributed by atoms with Gasteiger partial charge in [-0.25, -0.2) is 9.78 Å². The Balaban J connectivity index is 2.49. The average molecular weight is 273 g/mol. The topological polar surface area (TPSA) is 52.3 Å². The molecule has 1 aromatic carbocycles. The minimum Gasteiger partial charge on any atom is -0.460 e. The highest BCUT2D eigenvalue weighted by atomic mass is 16.5. The van der Waals surface area contributed by atoms with E-state index < -0.39 is 5.97 Å². The van der Waals surface area contributed by atoms with Crippen LogP contribution >= 0.6 is 0 Å². The van der Waals surface area contributed by atoms with Crippen LogP contribution in [0, 0.1) is 13.8 Å². The van der Waals surface area contributed by atoms with Crippen molar-refractivity contribution in [3.05, 3.63) is 40.8 Å². The Morgan fingerprint density at radius 2 is 2.05 bits per heavy atom. The maximum Gasteiger partial charge on any atom is 0.376 e. The van der Waals surface area contributed by atoms with Crippen LogP contribution in [-0.2, 0) is 11.2 Å². The number of hydrogen-bond acceptors (Lipinski definition) is 4. The second-order valence-corrected chi connectivity index (χ2v) is 4.62. The van der Waals surface area contributed by atoms with Gasteiger partial charge in [0, 0.05) is 5.56 Å². The number of oxazole rings is 1. The van der Waals surface area contributed by atoms with Crippen LogP contribution in [-0.4, -0.2) is 17.6 Å². The summed E-state index contributed by atoms with van der Waals surface area (Å²) in [7, 11) is 0. The summed E-state index contributed by atoms with van der Waals surface area (Å²) in [5, 5.41) is 0. The minimum absolute atomic E-state index is 0.213. The summed E-state index contributed by atoms with van der Waals surface area (Å²) in [6, 6.07) is 5.94. The van der Waals surface area contributed by atoms with E-state index in [9.17, 15) is 4.79 Å². The van der Waals surface area contributed by atoms with E-state index in [2.05, 4.69) is 4.98 Å². The molecule has 0 N–H and O–H groups in total. The number of benzene rings is 1. The first-order chi connectivity index (χ1) is 9.58. The fourth-order valence-electron chi connectivity index (χ4n) is 2.05. The number of carbonyl (C=O) groups is 1. The van der Waals surface area contributed by atoms with Crippen LogP contribution in [0.3, 0.4) is 0 Å². The SMILES string of the molecule is CCOC(=O)c1oc(-c2cccc(C)c2C)nc1CC. The van der Waals surface area contributed by atoms with Gasteiger partial charge in [-0.2, -0.15) is 0 Å². The highest BCUT2D eigenvalue weighted by Crippen LogP contribution is 2.27. The summed E-state index contributed by atoms with van der Waals surface area (Å²) < 4.78 is 10.7. The fourth-order valence-corrected chi connectivity index (χ4v) is 2.05. The molecule has 0 spiro atoms. The molecule has 0 aliphatic heterocycles. The summed E-state index contributed by atoms with van der Waals surface area (Å²) in [5.74, 6) is 0.241. The average Bonchev–Trinajstić information content (AvgIpc) is 2.86. The van der Waals surface area contributed by atoms with Gasteiger partial charge in [0.25, 0.3) is 0 Å². The summed E-state index contributed by atoms with van der Waals surface area (Å²) in [4.78, 5) is 16.3. The van der Waals surface area contributed by atoms with Gasteiger partial charge in [0.2, 0.25) is 11.7 Å². The lowest BCUT2D eigenvalue weighted by Gasteiger charge is -2.04. The van der Waals surface area contributed by atoms with Gasteiger partial charge < -0.3 is 9.15 Å². The van der Waals surface area contributed by atoms with E-state index in [4.69, 9.17) is 9.15 Å². The molecule has 2 aromatic rings. The highest BCUT2D eigenvalue weighted by Gasteiger charge is 2.21. The number of carbonyl (C=O) groups excluding carboxylic acids is 1. The largest absolute Gasteiger partial charge is 0.460 e. The van der Waals surface area contributed by atoms with Crippen LogP contribution in [0.5, 0.6) is 0 Å². The van der Waals surface area contributed by atoms with Gasteiger partial charge in [0.1, 0.15) is 0 Å². The summed E-state index contributed by atoms with van der Waals surface area (Å²) in [5.41, 5.74) is 3.82. The zero-order valence-electron chi connectivity index (χ0n) is 12.3. The van der Waals surface area contributed by atoms with E-state index in [0.29, 0.717) is 24.6 Å². The third-order valence-electron chi connectivity index (χ3n) is 3.33. The van der Waals surface area contributed by atoms with Gasteiger partial charge in [0.15, 0.2) is 0 Å². The molecule has 1 aromatic heterocycles. The quantitative estimate of drug-likeness (QED) is 0.797. The molecule has 4 heteroatoms. The van der Waals surface area contributed by atoms with Crippen LogP contribution in [0.15, 0.2) is 22.6 Å². The molecule has 0 unspecified atom stereocenters. The van der Waals surface area contributed by atoms with Crippen molar-refractivity contribution in [1.82, 2.24) is 4.98 Å². The summed E-state index contributed by atoms with van der Waals surface area (Å²) in [6.07, 6.45) is 0.627. The van der Waals surface area contributed by atoms with Crippen molar-refractivity contribution in [1.29, 1.82) is 0 Å². The molecule has 0 amide bonds. The van der Waals surface area contributed by atoms with E-state index in [1.54, 1.807) is 6.92 Å². The molecular weight excluding hydrogens is 254 g/mol.